The molecule has 1 aliphatic rings. The fraction of sp³-hybridized carbons (Fsp3) is 0.318. The number of carbonyl (C=O) groups is 1. The lowest BCUT2D eigenvalue weighted by Gasteiger charge is -2.36. The van der Waals surface area contributed by atoms with Crippen LogP contribution in [0.5, 0.6) is 5.75 Å². The Kier molecular flexibility index (Phi) is 7.41. The summed E-state index contributed by atoms with van der Waals surface area (Å²) < 4.78 is 47.2. The molecule has 0 radical (unpaired) electrons. The van der Waals surface area contributed by atoms with E-state index in [9.17, 15) is 23.1 Å². The lowest BCUT2D eigenvalue weighted by molar-refractivity contribution is -0.131. The maximum atomic E-state index is 13.8. The maximum Gasteiger partial charge on any atom is 0.250 e. The smallest absolute Gasteiger partial charge is 0.250 e. The van der Waals surface area contributed by atoms with Gasteiger partial charge in [0.15, 0.2) is 17.5 Å². The zero-order valence-corrected chi connectivity index (χ0v) is 18.5. The van der Waals surface area contributed by atoms with E-state index in [4.69, 9.17) is 4.74 Å². The Hall–Kier alpha value is -2.07. The van der Waals surface area contributed by atoms with Gasteiger partial charge in [-0.3, -0.25) is 4.79 Å². The lowest BCUT2D eigenvalue weighted by atomic mass is 9.95. The van der Waals surface area contributed by atoms with Crippen molar-refractivity contribution in [2.24, 2.45) is 0 Å². The van der Waals surface area contributed by atoms with Crippen LogP contribution in [0.25, 0.3) is 6.08 Å². The predicted molar refractivity (Wildman–Crippen MR) is 115 cm³/mol. The third kappa shape index (κ3) is 4.80. The van der Waals surface area contributed by atoms with Crippen LogP contribution in [-0.2, 0) is 4.79 Å². The van der Waals surface area contributed by atoms with Crippen molar-refractivity contribution >= 4 is 34.6 Å². The van der Waals surface area contributed by atoms with Crippen LogP contribution in [0.4, 0.5) is 13.2 Å². The highest BCUT2D eigenvalue weighted by molar-refractivity contribution is 14.1. The van der Waals surface area contributed by atoms with E-state index in [1.807, 2.05) is 18.2 Å². The van der Waals surface area contributed by atoms with E-state index >= 15 is 0 Å². The van der Waals surface area contributed by atoms with E-state index < -0.39 is 23.5 Å². The zero-order chi connectivity index (χ0) is 21.8. The number of benzene rings is 2. The number of methoxy groups -OCH3 is 1. The molecule has 1 amide bonds. The third-order valence-electron chi connectivity index (χ3n) is 5.07. The quantitative estimate of drug-likeness (QED) is 0.330. The Bertz CT molecular complexity index is 957. The Morgan fingerprint density at radius 1 is 1.23 bits per heavy atom. The number of aliphatic hydroxyl groups is 1. The van der Waals surface area contributed by atoms with Crippen LogP contribution in [-0.4, -0.2) is 36.2 Å². The summed E-state index contributed by atoms with van der Waals surface area (Å²) in [7, 11) is 1.57. The number of rotatable bonds is 6. The average Bonchev–Trinajstić information content (AvgIpc) is 2.73. The number of nitrogens with zero attached hydrogens (tertiary/aromatic N) is 1. The molecule has 0 saturated carbocycles. The van der Waals surface area contributed by atoms with E-state index in [1.165, 1.54) is 4.90 Å². The highest BCUT2D eigenvalue weighted by Gasteiger charge is 2.31. The van der Waals surface area contributed by atoms with Crippen molar-refractivity contribution < 1.29 is 27.8 Å². The Morgan fingerprint density at radius 3 is 2.57 bits per heavy atom. The van der Waals surface area contributed by atoms with Crippen LogP contribution in [0.3, 0.4) is 0 Å². The molecule has 0 bridgehead atoms. The molecule has 3 rings (SSSR count). The van der Waals surface area contributed by atoms with Gasteiger partial charge in [-0.25, -0.2) is 13.2 Å². The molecule has 0 aliphatic carbocycles. The van der Waals surface area contributed by atoms with E-state index in [0.717, 1.165) is 21.3 Å². The van der Waals surface area contributed by atoms with Crippen LogP contribution in [0, 0.1) is 21.0 Å². The highest BCUT2D eigenvalue weighted by Crippen LogP contribution is 2.33. The number of carbonyl (C=O) groups excluding carboxylic acids is 1. The summed E-state index contributed by atoms with van der Waals surface area (Å²) in [4.78, 5) is 14.6. The Morgan fingerprint density at radius 2 is 1.93 bits per heavy atom. The molecule has 0 aromatic heterocycles. The summed E-state index contributed by atoms with van der Waals surface area (Å²) >= 11 is 2.15. The molecular formula is C22H21F3INO3. The minimum Gasteiger partial charge on any atom is -0.496 e. The molecule has 1 saturated heterocycles. The number of ether oxygens (including phenoxy) is 1. The van der Waals surface area contributed by atoms with Gasteiger partial charge in [0, 0.05) is 18.7 Å². The normalized spacial score (nSPS) is 16.8. The number of hydrogen-bond acceptors (Lipinski definition) is 3. The van der Waals surface area contributed by atoms with Crippen LogP contribution < -0.4 is 4.74 Å². The molecule has 30 heavy (non-hydrogen) atoms. The lowest BCUT2D eigenvalue weighted by Crippen LogP contribution is -2.40. The molecule has 0 spiro atoms. The summed E-state index contributed by atoms with van der Waals surface area (Å²) in [6.45, 7) is 0.0832. The highest BCUT2D eigenvalue weighted by atomic mass is 127. The number of hydrogen-bond donors (Lipinski definition) is 1. The SMILES string of the molecule is COc1cc(/C=C2\CCCN(C(CCO)c3cc(F)c(F)c(F)c3)C2=O)ccc1I. The standard InChI is InChI=1S/C22H21F3INO3/c1-30-20-10-13(4-5-18(20)26)9-14-3-2-7-27(22(14)29)19(6-8-28)15-11-16(23)21(25)17(24)12-15/h4-5,9-12,19,28H,2-3,6-8H2,1H3/b14-9+. The molecule has 1 N–H and O–H groups in total. The van der Waals surface area contributed by atoms with Gasteiger partial charge in [0.05, 0.1) is 16.7 Å². The Labute approximate surface area is 186 Å². The van der Waals surface area contributed by atoms with Gasteiger partial charge in [-0.2, -0.15) is 0 Å². The summed E-state index contributed by atoms with van der Waals surface area (Å²) in [6.07, 6.45) is 3.07. The summed E-state index contributed by atoms with van der Waals surface area (Å²) in [5, 5.41) is 9.46. The first kappa shape index (κ1) is 22.6. The van der Waals surface area contributed by atoms with Gasteiger partial charge < -0.3 is 14.7 Å². The maximum absolute atomic E-state index is 13.8. The molecule has 1 fully saturated rings. The van der Waals surface area contributed by atoms with Gasteiger partial charge in [0.25, 0.3) is 0 Å². The first-order valence-electron chi connectivity index (χ1n) is 9.46. The minimum absolute atomic E-state index is 0.0842. The second-order valence-electron chi connectivity index (χ2n) is 6.99. The van der Waals surface area contributed by atoms with Crippen molar-refractivity contribution in [2.45, 2.75) is 25.3 Å². The van der Waals surface area contributed by atoms with E-state index in [-0.39, 0.29) is 24.5 Å². The fourth-order valence-corrected chi connectivity index (χ4v) is 4.18. The average molecular weight is 531 g/mol. The van der Waals surface area contributed by atoms with Crippen LogP contribution in [0.15, 0.2) is 35.9 Å². The van der Waals surface area contributed by atoms with Crippen molar-refractivity contribution in [3.63, 3.8) is 0 Å². The number of aliphatic hydroxyl groups excluding tert-OH is 1. The molecular weight excluding hydrogens is 510 g/mol. The van der Waals surface area contributed by atoms with Crippen LogP contribution >= 0.6 is 22.6 Å². The molecule has 1 aliphatic heterocycles. The van der Waals surface area contributed by atoms with Gasteiger partial charge in [0.2, 0.25) is 5.91 Å². The molecule has 160 valence electrons. The topological polar surface area (TPSA) is 49.8 Å². The molecule has 8 heteroatoms. The Balaban J connectivity index is 1.94. The van der Waals surface area contributed by atoms with Gasteiger partial charge in [0.1, 0.15) is 5.75 Å². The van der Waals surface area contributed by atoms with Crippen LogP contribution in [0.2, 0.25) is 0 Å². The second kappa shape index (κ2) is 9.82. The number of amides is 1. The zero-order valence-electron chi connectivity index (χ0n) is 16.3. The number of halogens is 4. The van der Waals surface area contributed by atoms with Gasteiger partial charge in [-0.1, -0.05) is 6.07 Å². The molecule has 2 aromatic carbocycles. The van der Waals surface area contributed by atoms with Crippen molar-refractivity contribution in [1.82, 2.24) is 4.90 Å². The van der Waals surface area contributed by atoms with Crippen molar-refractivity contribution in [1.29, 1.82) is 0 Å². The molecule has 2 aromatic rings. The first-order chi connectivity index (χ1) is 14.3. The van der Waals surface area contributed by atoms with Gasteiger partial charge in [-0.05, 0) is 83.3 Å². The van der Waals surface area contributed by atoms with E-state index in [0.29, 0.717) is 30.7 Å². The minimum atomic E-state index is -1.56. The van der Waals surface area contributed by atoms with E-state index in [2.05, 4.69) is 22.6 Å². The summed E-state index contributed by atoms with van der Waals surface area (Å²) in [5.74, 6) is -3.78. The fourth-order valence-electron chi connectivity index (χ4n) is 3.62. The monoisotopic (exact) mass is 531 g/mol. The summed E-state index contributed by atoms with van der Waals surface area (Å²) in [5.41, 5.74) is 1.47. The molecule has 1 atom stereocenters. The predicted octanol–water partition coefficient (Wildman–Crippen LogP) is 4.85. The van der Waals surface area contributed by atoms with Crippen molar-refractivity contribution in [3.8, 4) is 5.75 Å². The van der Waals surface area contributed by atoms with Gasteiger partial charge in [-0.15, -0.1) is 0 Å². The number of piperidine rings is 1. The third-order valence-corrected chi connectivity index (χ3v) is 5.96. The van der Waals surface area contributed by atoms with Gasteiger partial charge >= 0.3 is 0 Å². The van der Waals surface area contributed by atoms with Crippen molar-refractivity contribution in [3.05, 3.63) is 68.1 Å². The number of likely N-dealkylation sites (tertiary alicyclic amines) is 1. The van der Waals surface area contributed by atoms with E-state index in [1.54, 1.807) is 13.2 Å². The van der Waals surface area contributed by atoms with Crippen LogP contribution in [0.1, 0.15) is 36.4 Å². The first-order valence-corrected chi connectivity index (χ1v) is 10.5. The largest absolute Gasteiger partial charge is 0.496 e. The van der Waals surface area contributed by atoms with Crippen molar-refractivity contribution in [2.75, 3.05) is 20.3 Å². The second-order valence-corrected chi connectivity index (χ2v) is 8.15. The molecule has 1 heterocycles. The summed E-state index contributed by atoms with van der Waals surface area (Å²) in [6, 6.07) is 6.59. The molecule has 4 nitrogen and oxygen atoms in total. The molecule has 1 unspecified atom stereocenters.